The first-order valence-electron chi connectivity index (χ1n) is 8.55. The molecule has 0 unspecified atom stereocenters. The molecule has 0 saturated carbocycles. The van der Waals surface area contributed by atoms with E-state index in [0.29, 0.717) is 25.1 Å². The number of rotatable bonds is 8. The van der Waals surface area contributed by atoms with E-state index in [9.17, 15) is 9.90 Å². The van der Waals surface area contributed by atoms with E-state index < -0.39 is 5.60 Å². The van der Waals surface area contributed by atoms with Crippen LogP contribution in [0.4, 0.5) is 0 Å². The summed E-state index contributed by atoms with van der Waals surface area (Å²) in [6.45, 7) is 10.6. The second-order valence-electron chi connectivity index (χ2n) is 7.00. The molecule has 0 aliphatic rings. The monoisotopic (exact) mass is 357 g/mol. The van der Waals surface area contributed by atoms with E-state index >= 15 is 0 Å². The van der Waals surface area contributed by atoms with Crippen LogP contribution in [0.2, 0.25) is 0 Å². The molecule has 2 rings (SSSR count). The highest BCUT2D eigenvalue weighted by Crippen LogP contribution is 2.19. The van der Waals surface area contributed by atoms with Crippen molar-refractivity contribution in [1.82, 2.24) is 4.90 Å². The van der Waals surface area contributed by atoms with Gasteiger partial charge in [-0.1, -0.05) is 18.2 Å². The van der Waals surface area contributed by atoms with Gasteiger partial charge in [0.15, 0.2) is 0 Å². The van der Waals surface area contributed by atoms with Crippen molar-refractivity contribution in [3.8, 4) is 0 Å². The second kappa shape index (κ2) is 8.45. The minimum atomic E-state index is -0.673. The molecule has 0 spiro atoms. The van der Waals surface area contributed by atoms with Crippen molar-refractivity contribution >= 4 is 17.2 Å². The molecule has 1 amide bonds. The van der Waals surface area contributed by atoms with E-state index in [1.54, 1.807) is 17.4 Å². The molecule has 134 valence electrons. The molecule has 0 radical (unpaired) electrons. The highest BCUT2D eigenvalue weighted by molar-refractivity contribution is 7.11. The lowest BCUT2D eigenvalue weighted by Crippen LogP contribution is -2.30. The molecular weight excluding hydrogens is 330 g/mol. The minimum absolute atomic E-state index is 0.0139. The summed E-state index contributed by atoms with van der Waals surface area (Å²) in [5, 5.41) is 9.83. The predicted octanol–water partition coefficient (Wildman–Crippen LogP) is 4.59. The lowest BCUT2D eigenvalue weighted by atomic mass is 9.98. The summed E-state index contributed by atoms with van der Waals surface area (Å²) in [7, 11) is 0. The standard InChI is InChI=1S/C21H27NO2S/c1-5-14-22(15-19-11-6-16(2)25-19)20(23)18-9-7-17(8-10-18)12-13-21(3,4)24/h5-11,24H,1,12-15H2,2-4H3. The van der Waals surface area contributed by atoms with Crippen molar-refractivity contribution in [3.63, 3.8) is 0 Å². The molecule has 0 bridgehead atoms. The van der Waals surface area contributed by atoms with Crippen LogP contribution in [-0.2, 0) is 13.0 Å². The van der Waals surface area contributed by atoms with Gasteiger partial charge in [-0.3, -0.25) is 4.79 Å². The molecule has 2 aromatic rings. The Bertz CT molecular complexity index is 710. The van der Waals surface area contributed by atoms with Gasteiger partial charge in [0.2, 0.25) is 0 Å². The molecule has 0 fully saturated rings. The average molecular weight is 358 g/mol. The molecule has 3 nitrogen and oxygen atoms in total. The van der Waals surface area contributed by atoms with Crippen LogP contribution in [0.15, 0.2) is 49.1 Å². The third kappa shape index (κ3) is 6.15. The average Bonchev–Trinajstić information content (AvgIpc) is 2.97. The number of aryl methyl sites for hydroxylation is 2. The number of carbonyl (C=O) groups is 1. The Balaban J connectivity index is 2.06. The Hall–Kier alpha value is -1.91. The summed E-state index contributed by atoms with van der Waals surface area (Å²) in [5.41, 5.74) is 1.14. The fourth-order valence-corrected chi connectivity index (χ4v) is 3.49. The molecule has 4 heteroatoms. The van der Waals surface area contributed by atoms with Crippen LogP contribution in [0.5, 0.6) is 0 Å². The smallest absolute Gasteiger partial charge is 0.254 e. The van der Waals surface area contributed by atoms with E-state index in [1.807, 2.05) is 43.0 Å². The SMILES string of the molecule is C=CCN(Cc1ccc(C)s1)C(=O)c1ccc(CCC(C)(C)O)cc1. The van der Waals surface area contributed by atoms with Gasteiger partial charge in [-0.25, -0.2) is 0 Å². The van der Waals surface area contributed by atoms with Gasteiger partial charge in [-0.05, 0) is 63.4 Å². The first-order valence-corrected chi connectivity index (χ1v) is 9.37. The zero-order valence-corrected chi connectivity index (χ0v) is 16.1. The summed E-state index contributed by atoms with van der Waals surface area (Å²) in [6, 6.07) is 11.8. The van der Waals surface area contributed by atoms with Crippen molar-refractivity contribution in [3.05, 3.63) is 69.9 Å². The number of carbonyl (C=O) groups excluding carboxylic acids is 1. The molecular formula is C21H27NO2S. The fraction of sp³-hybridized carbons (Fsp3) is 0.381. The quantitative estimate of drug-likeness (QED) is 0.702. The topological polar surface area (TPSA) is 40.5 Å². The summed E-state index contributed by atoms with van der Waals surface area (Å²) in [6.07, 6.45) is 3.25. The Morgan fingerprint density at radius 3 is 2.44 bits per heavy atom. The molecule has 25 heavy (non-hydrogen) atoms. The van der Waals surface area contributed by atoms with Gasteiger partial charge in [0.25, 0.3) is 5.91 Å². The van der Waals surface area contributed by atoms with Crippen LogP contribution in [0.25, 0.3) is 0 Å². The normalized spacial score (nSPS) is 11.4. The van der Waals surface area contributed by atoms with Gasteiger partial charge in [-0.2, -0.15) is 0 Å². The van der Waals surface area contributed by atoms with Crippen molar-refractivity contribution in [2.24, 2.45) is 0 Å². The van der Waals surface area contributed by atoms with E-state index in [2.05, 4.69) is 25.6 Å². The molecule has 1 heterocycles. The Morgan fingerprint density at radius 2 is 1.92 bits per heavy atom. The van der Waals surface area contributed by atoms with Crippen molar-refractivity contribution in [1.29, 1.82) is 0 Å². The number of aliphatic hydroxyl groups is 1. The predicted molar refractivity (Wildman–Crippen MR) is 105 cm³/mol. The third-order valence-corrected chi connectivity index (χ3v) is 4.99. The summed E-state index contributed by atoms with van der Waals surface area (Å²) < 4.78 is 0. The third-order valence-electron chi connectivity index (χ3n) is 4.01. The first-order chi connectivity index (χ1) is 11.8. The highest BCUT2D eigenvalue weighted by atomic mass is 32.1. The van der Waals surface area contributed by atoms with Crippen LogP contribution in [0.3, 0.4) is 0 Å². The van der Waals surface area contributed by atoms with Gasteiger partial charge in [0, 0.05) is 21.9 Å². The second-order valence-corrected chi connectivity index (χ2v) is 8.37. The van der Waals surface area contributed by atoms with Crippen molar-refractivity contribution in [2.45, 2.75) is 45.8 Å². The number of amides is 1. The van der Waals surface area contributed by atoms with Crippen LogP contribution < -0.4 is 0 Å². The minimum Gasteiger partial charge on any atom is -0.390 e. The van der Waals surface area contributed by atoms with E-state index in [4.69, 9.17) is 0 Å². The number of nitrogens with zero attached hydrogens (tertiary/aromatic N) is 1. The number of hydrogen-bond acceptors (Lipinski definition) is 3. The van der Waals surface area contributed by atoms with Crippen LogP contribution >= 0.6 is 11.3 Å². The molecule has 0 aliphatic carbocycles. The summed E-state index contributed by atoms with van der Waals surface area (Å²) >= 11 is 1.71. The van der Waals surface area contributed by atoms with Crippen LogP contribution in [0.1, 0.15) is 45.9 Å². The van der Waals surface area contributed by atoms with Crippen molar-refractivity contribution in [2.75, 3.05) is 6.54 Å². The highest BCUT2D eigenvalue weighted by Gasteiger charge is 2.16. The molecule has 0 saturated heterocycles. The molecule has 0 aliphatic heterocycles. The van der Waals surface area contributed by atoms with Gasteiger partial charge in [0.05, 0.1) is 12.1 Å². The maximum Gasteiger partial charge on any atom is 0.254 e. The largest absolute Gasteiger partial charge is 0.390 e. The van der Waals surface area contributed by atoms with Gasteiger partial charge in [0.1, 0.15) is 0 Å². The van der Waals surface area contributed by atoms with E-state index in [0.717, 1.165) is 12.0 Å². The maximum absolute atomic E-state index is 12.8. The molecule has 1 aromatic heterocycles. The van der Waals surface area contributed by atoms with Gasteiger partial charge < -0.3 is 10.0 Å². The fourth-order valence-electron chi connectivity index (χ4n) is 2.58. The molecule has 1 N–H and O–H groups in total. The maximum atomic E-state index is 12.8. The Morgan fingerprint density at radius 1 is 1.24 bits per heavy atom. The van der Waals surface area contributed by atoms with E-state index in [1.165, 1.54) is 9.75 Å². The lowest BCUT2D eigenvalue weighted by Gasteiger charge is -2.21. The van der Waals surface area contributed by atoms with Gasteiger partial charge >= 0.3 is 0 Å². The van der Waals surface area contributed by atoms with Crippen LogP contribution in [0, 0.1) is 6.92 Å². The van der Waals surface area contributed by atoms with Crippen LogP contribution in [-0.4, -0.2) is 28.1 Å². The van der Waals surface area contributed by atoms with Gasteiger partial charge in [-0.15, -0.1) is 17.9 Å². The zero-order chi connectivity index (χ0) is 18.4. The number of hydrogen-bond donors (Lipinski definition) is 1. The lowest BCUT2D eigenvalue weighted by molar-refractivity contribution is 0.0712. The summed E-state index contributed by atoms with van der Waals surface area (Å²) in [4.78, 5) is 17.0. The zero-order valence-electron chi connectivity index (χ0n) is 15.3. The first kappa shape index (κ1) is 19.4. The molecule has 1 aromatic carbocycles. The Kier molecular flexibility index (Phi) is 6.57. The number of benzene rings is 1. The number of thiophene rings is 1. The summed E-state index contributed by atoms with van der Waals surface area (Å²) in [5.74, 6) is 0.0139. The van der Waals surface area contributed by atoms with E-state index in [-0.39, 0.29) is 5.91 Å². The Labute approximate surface area is 154 Å². The molecule has 0 atom stereocenters. The van der Waals surface area contributed by atoms with Crippen molar-refractivity contribution < 1.29 is 9.90 Å².